The highest BCUT2D eigenvalue weighted by Gasteiger charge is 2.17. The fraction of sp³-hybridized carbons (Fsp3) is 0.273. The minimum Gasteiger partial charge on any atom is -0.462 e. The molecule has 0 aromatic heterocycles. The average Bonchev–Trinajstić information content (AvgIpc) is 2.20. The summed E-state index contributed by atoms with van der Waals surface area (Å²) in [6, 6.07) is 5.03. The zero-order chi connectivity index (χ0) is 12.1. The summed E-state index contributed by atoms with van der Waals surface area (Å²) in [5.74, 6) is -0.694. The Kier molecular flexibility index (Phi) is 4.72. The number of para-hydroxylation sites is 1. The summed E-state index contributed by atoms with van der Waals surface area (Å²) < 4.78 is 10.6. The maximum atomic E-state index is 11.6. The van der Waals surface area contributed by atoms with Crippen LogP contribution in [0.2, 0.25) is 0 Å². The number of benzene rings is 1. The van der Waals surface area contributed by atoms with Gasteiger partial charge >= 0.3 is 11.9 Å². The van der Waals surface area contributed by atoms with Gasteiger partial charge in [-0.05, 0) is 41.6 Å². The molecule has 1 aromatic rings. The Labute approximate surface area is 107 Å². The Morgan fingerprint density at radius 3 is 2.62 bits per heavy atom. The van der Waals surface area contributed by atoms with E-state index < -0.39 is 11.9 Å². The molecule has 0 saturated carbocycles. The van der Waals surface area contributed by atoms with Crippen molar-refractivity contribution in [3.8, 4) is 5.75 Å². The molecule has 0 unspecified atom stereocenters. The quantitative estimate of drug-likeness (QED) is 0.484. The zero-order valence-corrected chi connectivity index (χ0v) is 11.1. The molecule has 5 heteroatoms. The number of ether oxygens (including phenoxy) is 2. The SMILES string of the molecule is CCOC(=O)c1cccc(I)c1OC(C)=O. The highest BCUT2D eigenvalue weighted by atomic mass is 127. The molecule has 1 rings (SSSR count). The molecule has 86 valence electrons. The first kappa shape index (κ1) is 13.0. The Morgan fingerprint density at radius 2 is 2.06 bits per heavy atom. The predicted octanol–water partition coefficient (Wildman–Crippen LogP) is 2.39. The van der Waals surface area contributed by atoms with Gasteiger partial charge in [0.25, 0.3) is 0 Å². The Balaban J connectivity index is 3.11. The number of esters is 2. The molecule has 0 fully saturated rings. The van der Waals surface area contributed by atoms with Crippen molar-refractivity contribution >= 4 is 34.5 Å². The van der Waals surface area contributed by atoms with E-state index in [0.717, 1.165) is 0 Å². The van der Waals surface area contributed by atoms with Crippen LogP contribution in [0.3, 0.4) is 0 Å². The predicted molar refractivity (Wildman–Crippen MR) is 66.4 cm³/mol. The molecule has 0 bridgehead atoms. The van der Waals surface area contributed by atoms with Crippen LogP contribution in [0.4, 0.5) is 0 Å². The lowest BCUT2D eigenvalue weighted by molar-refractivity contribution is -0.131. The van der Waals surface area contributed by atoms with Gasteiger partial charge in [-0.15, -0.1) is 0 Å². The normalized spacial score (nSPS) is 9.69. The zero-order valence-electron chi connectivity index (χ0n) is 8.95. The van der Waals surface area contributed by atoms with Gasteiger partial charge in [0.1, 0.15) is 5.56 Å². The third-order valence-electron chi connectivity index (χ3n) is 1.71. The molecule has 0 atom stereocenters. The van der Waals surface area contributed by atoms with Crippen molar-refractivity contribution in [1.29, 1.82) is 0 Å². The Hall–Kier alpha value is -1.11. The number of hydrogen-bond acceptors (Lipinski definition) is 4. The largest absolute Gasteiger partial charge is 0.462 e. The molecule has 1 aromatic carbocycles. The van der Waals surface area contributed by atoms with Crippen molar-refractivity contribution in [1.82, 2.24) is 0 Å². The molecule has 0 N–H and O–H groups in total. The first-order valence-electron chi connectivity index (χ1n) is 4.70. The van der Waals surface area contributed by atoms with Crippen LogP contribution in [0.15, 0.2) is 18.2 Å². The molecule has 4 nitrogen and oxygen atoms in total. The second-order valence-corrected chi connectivity index (χ2v) is 4.09. The van der Waals surface area contributed by atoms with E-state index in [1.807, 2.05) is 22.6 Å². The van der Waals surface area contributed by atoms with Gasteiger partial charge in [0.2, 0.25) is 0 Å². The lowest BCUT2D eigenvalue weighted by Crippen LogP contribution is -2.11. The van der Waals surface area contributed by atoms with Crippen molar-refractivity contribution in [2.45, 2.75) is 13.8 Å². The van der Waals surface area contributed by atoms with Crippen molar-refractivity contribution in [2.24, 2.45) is 0 Å². The van der Waals surface area contributed by atoms with Gasteiger partial charge in [0.05, 0.1) is 10.2 Å². The molecule has 0 radical (unpaired) electrons. The number of hydrogen-bond donors (Lipinski definition) is 0. The summed E-state index contributed by atoms with van der Waals surface area (Å²) in [5.41, 5.74) is 0.268. The summed E-state index contributed by atoms with van der Waals surface area (Å²) in [4.78, 5) is 22.5. The molecular formula is C11H11IO4. The Morgan fingerprint density at radius 1 is 1.38 bits per heavy atom. The van der Waals surface area contributed by atoms with E-state index in [1.54, 1.807) is 25.1 Å². The van der Waals surface area contributed by atoms with E-state index >= 15 is 0 Å². The lowest BCUT2D eigenvalue weighted by Gasteiger charge is -2.09. The molecule has 0 heterocycles. The van der Waals surface area contributed by atoms with E-state index in [0.29, 0.717) is 3.57 Å². The summed E-state index contributed by atoms with van der Waals surface area (Å²) in [6.07, 6.45) is 0. The highest BCUT2D eigenvalue weighted by Crippen LogP contribution is 2.26. The fourth-order valence-electron chi connectivity index (χ4n) is 1.13. The van der Waals surface area contributed by atoms with Gasteiger partial charge in [0, 0.05) is 6.92 Å². The molecule has 0 amide bonds. The number of carbonyl (C=O) groups excluding carboxylic acids is 2. The van der Waals surface area contributed by atoms with Crippen LogP contribution in [0, 0.1) is 3.57 Å². The minimum absolute atomic E-state index is 0.258. The number of carbonyl (C=O) groups is 2. The monoisotopic (exact) mass is 334 g/mol. The topological polar surface area (TPSA) is 52.6 Å². The second-order valence-electron chi connectivity index (χ2n) is 2.93. The van der Waals surface area contributed by atoms with Gasteiger partial charge in [-0.2, -0.15) is 0 Å². The van der Waals surface area contributed by atoms with Crippen LogP contribution >= 0.6 is 22.6 Å². The van der Waals surface area contributed by atoms with Crippen molar-refractivity contribution in [2.75, 3.05) is 6.61 Å². The maximum Gasteiger partial charge on any atom is 0.341 e. The van der Waals surface area contributed by atoms with Gasteiger partial charge in [-0.25, -0.2) is 4.79 Å². The number of rotatable bonds is 3. The molecule has 16 heavy (non-hydrogen) atoms. The molecule has 0 spiro atoms. The van der Waals surface area contributed by atoms with Gasteiger partial charge < -0.3 is 9.47 Å². The molecular weight excluding hydrogens is 323 g/mol. The number of halogens is 1. The summed E-state index contributed by atoms with van der Waals surface area (Å²) >= 11 is 2.00. The van der Waals surface area contributed by atoms with E-state index in [4.69, 9.17) is 9.47 Å². The molecule has 0 aliphatic carbocycles. The van der Waals surface area contributed by atoms with E-state index in [1.165, 1.54) is 6.92 Å². The summed E-state index contributed by atoms with van der Waals surface area (Å²) in [7, 11) is 0. The van der Waals surface area contributed by atoms with Crippen LogP contribution in [-0.2, 0) is 9.53 Å². The van der Waals surface area contributed by atoms with Crippen LogP contribution in [0.25, 0.3) is 0 Å². The van der Waals surface area contributed by atoms with E-state index in [-0.39, 0.29) is 17.9 Å². The lowest BCUT2D eigenvalue weighted by atomic mass is 10.2. The van der Waals surface area contributed by atoms with E-state index in [9.17, 15) is 9.59 Å². The third kappa shape index (κ3) is 3.19. The Bertz CT molecular complexity index is 414. The van der Waals surface area contributed by atoms with Gasteiger partial charge in [-0.1, -0.05) is 6.07 Å². The second kappa shape index (κ2) is 5.83. The smallest absolute Gasteiger partial charge is 0.341 e. The van der Waals surface area contributed by atoms with Crippen molar-refractivity contribution in [3.05, 3.63) is 27.3 Å². The minimum atomic E-state index is -0.489. The fourth-order valence-corrected chi connectivity index (χ4v) is 1.73. The first-order valence-corrected chi connectivity index (χ1v) is 5.78. The standard InChI is InChI=1S/C11H11IO4/c1-3-15-11(14)8-5-4-6-9(12)10(8)16-7(2)13/h4-6H,3H2,1-2H3. The van der Waals surface area contributed by atoms with E-state index in [2.05, 4.69) is 0 Å². The highest BCUT2D eigenvalue weighted by molar-refractivity contribution is 14.1. The molecule has 0 saturated heterocycles. The van der Waals surface area contributed by atoms with Crippen LogP contribution in [-0.4, -0.2) is 18.5 Å². The molecule has 0 aliphatic rings. The van der Waals surface area contributed by atoms with Crippen LogP contribution in [0.1, 0.15) is 24.2 Å². The van der Waals surface area contributed by atoms with Crippen molar-refractivity contribution < 1.29 is 19.1 Å². The molecule has 0 aliphatic heterocycles. The first-order chi connectivity index (χ1) is 7.56. The van der Waals surface area contributed by atoms with Gasteiger partial charge in [0.15, 0.2) is 5.75 Å². The van der Waals surface area contributed by atoms with Crippen LogP contribution in [0.5, 0.6) is 5.75 Å². The summed E-state index contributed by atoms with van der Waals surface area (Å²) in [6.45, 7) is 3.29. The average molecular weight is 334 g/mol. The van der Waals surface area contributed by atoms with Crippen LogP contribution < -0.4 is 4.74 Å². The van der Waals surface area contributed by atoms with Gasteiger partial charge in [-0.3, -0.25) is 4.79 Å². The summed E-state index contributed by atoms with van der Waals surface area (Å²) in [5, 5.41) is 0. The third-order valence-corrected chi connectivity index (χ3v) is 2.56. The maximum absolute atomic E-state index is 11.6. The van der Waals surface area contributed by atoms with Crippen molar-refractivity contribution in [3.63, 3.8) is 0 Å².